The second kappa shape index (κ2) is 9.25. The molecule has 0 fully saturated rings. The quantitative estimate of drug-likeness (QED) is 0.362. The van der Waals surface area contributed by atoms with E-state index in [-0.39, 0.29) is 11.8 Å². The van der Waals surface area contributed by atoms with Crippen LogP contribution >= 0.6 is 0 Å². The molecule has 1 aliphatic rings. The van der Waals surface area contributed by atoms with E-state index < -0.39 is 17.6 Å². The topological polar surface area (TPSA) is 97.6 Å². The summed E-state index contributed by atoms with van der Waals surface area (Å²) < 4.78 is 11.4. The largest absolute Gasteiger partial charge is 0.464 e. The summed E-state index contributed by atoms with van der Waals surface area (Å²) in [6.07, 6.45) is 1.67. The predicted molar refractivity (Wildman–Crippen MR) is 133 cm³/mol. The smallest absolute Gasteiger partial charge is 0.338 e. The SMILES string of the molecule is CC(=O)c1ccc(-c2coc(-c3ccc([C@H]4NC(=O)NC(C)=C4C(=O)OC(C)(C)C)cc3)c2)cc1. The Bertz CT molecular complexity index is 1310. The Morgan fingerprint density at radius 2 is 1.57 bits per heavy atom. The second-order valence-corrected chi connectivity index (χ2v) is 9.53. The molecule has 0 aliphatic carbocycles. The molecule has 0 spiro atoms. The number of carbonyl (C=O) groups excluding carboxylic acids is 3. The number of Topliss-reactive ketones (excluding diaryl/α,β-unsaturated/α-hetero) is 1. The lowest BCUT2D eigenvalue weighted by molar-refractivity contribution is -0.150. The summed E-state index contributed by atoms with van der Waals surface area (Å²) in [6, 6.07) is 15.8. The van der Waals surface area contributed by atoms with Crippen LogP contribution in [0.3, 0.4) is 0 Å². The van der Waals surface area contributed by atoms with E-state index in [9.17, 15) is 14.4 Å². The van der Waals surface area contributed by atoms with E-state index in [4.69, 9.17) is 9.15 Å². The van der Waals surface area contributed by atoms with Crippen LogP contribution in [0.1, 0.15) is 56.6 Å². The number of benzene rings is 2. The minimum absolute atomic E-state index is 0.0225. The predicted octanol–water partition coefficient (Wildman–Crippen LogP) is 5.79. The molecule has 3 aromatic rings. The highest BCUT2D eigenvalue weighted by atomic mass is 16.6. The molecule has 7 heteroatoms. The highest BCUT2D eigenvalue weighted by Gasteiger charge is 2.34. The van der Waals surface area contributed by atoms with Gasteiger partial charge in [-0.3, -0.25) is 4.79 Å². The van der Waals surface area contributed by atoms with Crippen molar-refractivity contribution >= 4 is 17.8 Å². The summed E-state index contributed by atoms with van der Waals surface area (Å²) in [5.41, 5.74) is 4.26. The third-order valence-corrected chi connectivity index (χ3v) is 5.64. The van der Waals surface area contributed by atoms with Crippen molar-refractivity contribution in [1.82, 2.24) is 10.6 Å². The molecule has 2 aromatic carbocycles. The van der Waals surface area contributed by atoms with Gasteiger partial charge in [-0.15, -0.1) is 0 Å². The minimum Gasteiger partial charge on any atom is -0.464 e. The maximum Gasteiger partial charge on any atom is 0.338 e. The van der Waals surface area contributed by atoms with Gasteiger partial charge < -0.3 is 19.8 Å². The summed E-state index contributed by atoms with van der Waals surface area (Å²) in [7, 11) is 0. The fourth-order valence-electron chi connectivity index (χ4n) is 3.92. The van der Waals surface area contributed by atoms with Crippen molar-refractivity contribution in [2.75, 3.05) is 0 Å². The summed E-state index contributed by atoms with van der Waals surface area (Å²) in [5, 5.41) is 5.48. The van der Waals surface area contributed by atoms with E-state index in [1.807, 2.05) is 42.5 Å². The molecule has 4 rings (SSSR count). The number of hydrogen-bond donors (Lipinski definition) is 2. The van der Waals surface area contributed by atoms with Crippen LogP contribution in [0.15, 0.2) is 76.5 Å². The molecule has 7 nitrogen and oxygen atoms in total. The van der Waals surface area contributed by atoms with Gasteiger partial charge in [0.1, 0.15) is 11.4 Å². The van der Waals surface area contributed by atoms with Crippen LogP contribution in [-0.2, 0) is 9.53 Å². The number of esters is 1. The van der Waals surface area contributed by atoms with Crippen molar-refractivity contribution in [2.24, 2.45) is 0 Å². The van der Waals surface area contributed by atoms with Gasteiger partial charge in [0, 0.05) is 22.4 Å². The third-order valence-electron chi connectivity index (χ3n) is 5.64. The Morgan fingerprint density at radius 3 is 2.17 bits per heavy atom. The van der Waals surface area contributed by atoms with Gasteiger partial charge in [0.05, 0.1) is 17.9 Å². The normalized spacial score (nSPS) is 15.9. The van der Waals surface area contributed by atoms with Crippen LogP contribution in [-0.4, -0.2) is 23.4 Å². The molecule has 0 saturated carbocycles. The molecule has 0 unspecified atom stereocenters. The molecule has 1 aromatic heterocycles. The molecule has 2 heterocycles. The maximum atomic E-state index is 12.9. The summed E-state index contributed by atoms with van der Waals surface area (Å²) in [4.78, 5) is 36.6. The number of amides is 2. The van der Waals surface area contributed by atoms with Crippen molar-refractivity contribution in [1.29, 1.82) is 0 Å². The highest BCUT2D eigenvalue weighted by Crippen LogP contribution is 2.32. The first kappa shape index (κ1) is 24.0. The third kappa shape index (κ3) is 5.35. The number of furan rings is 1. The molecule has 180 valence electrons. The fourth-order valence-corrected chi connectivity index (χ4v) is 3.92. The van der Waals surface area contributed by atoms with Crippen molar-refractivity contribution in [3.8, 4) is 22.5 Å². The Hall–Kier alpha value is -4.13. The van der Waals surface area contributed by atoms with E-state index in [1.54, 1.807) is 46.1 Å². The van der Waals surface area contributed by atoms with Gasteiger partial charge >= 0.3 is 12.0 Å². The van der Waals surface area contributed by atoms with E-state index >= 15 is 0 Å². The van der Waals surface area contributed by atoms with Gasteiger partial charge in [-0.1, -0.05) is 48.5 Å². The average molecular weight is 473 g/mol. The molecule has 1 aliphatic heterocycles. The van der Waals surface area contributed by atoms with E-state index in [2.05, 4.69) is 10.6 Å². The summed E-state index contributed by atoms with van der Waals surface area (Å²) >= 11 is 0. The van der Waals surface area contributed by atoms with Gasteiger partial charge in [-0.25, -0.2) is 9.59 Å². The van der Waals surface area contributed by atoms with Crippen LogP contribution in [0.25, 0.3) is 22.5 Å². The van der Waals surface area contributed by atoms with Gasteiger partial charge in [-0.2, -0.15) is 0 Å². The molecule has 2 amide bonds. The first-order chi connectivity index (χ1) is 16.5. The zero-order chi connectivity index (χ0) is 25.3. The molecule has 1 atom stereocenters. The van der Waals surface area contributed by atoms with Crippen molar-refractivity contribution < 1.29 is 23.5 Å². The molecule has 0 saturated heterocycles. The Kier molecular flexibility index (Phi) is 6.35. The molecular weight excluding hydrogens is 444 g/mol. The van der Waals surface area contributed by atoms with Gasteiger partial charge in [-0.05, 0) is 51.8 Å². The monoisotopic (exact) mass is 472 g/mol. The Morgan fingerprint density at radius 1 is 0.943 bits per heavy atom. The van der Waals surface area contributed by atoms with Gasteiger partial charge in [0.25, 0.3) is 0 Å². The van der Waals surface area contributed by atoms with E-state index in [0.29, 0.717) is 22.6 Å². The first-order valence-corrected chi connectivity index (χ1v) is 11.3. The first-order valence-electron chi connectivity index (χ1n) is 11.3. The van der Waals surface area contributed by atoms with Gasteiger partial charge in [0.15, 0.2) is 5.78 Å². The lowest BCUT2D eigenvalue weighted by Gasteiger charge is -2.30. The van der Waals surface area contributed by atoms with Crippen LogP contribution in [0.2, 0.25) is 0 Å². The number of urea groups is 1. The van der Waals surface area contributed by atoms with Crippen LogP contribution in [0.4, 0.5) is 4.79 Å². The van der Waals surface area contributed by atoms with E-state index in [0.717, 1.165) is 22.3 Å². The van der Waals surface area contributed by atoms with Gasteiger partial charge in [0.2, 0.25) is 0 Å². The van der Waals surface area contributed by atoms with Crippen LogP contribution < -0.4 is 10.6 Å². The number of nitrogens with one attached hydrogen (secondary N) is 2. The maximum absolute atomic E-state index is 12.9. The fraction of sp³-hybridized carbons (Fsp3) is 0.250. The van der Waals surface area contributed by atoms with Crippen molar-refractivity contribution in [2.45, 2.75) is 46.3 Å². The molecular formula is C28H28N2O5. The Balaban J connectivity index is 1.58. The number of carbonyl (C=O) groups is 3. The van der Waals surface area contributed by atoms with Crippen LogP contribution in [0.5, 0.6) is 0 Å². The minimum atomic E-state index is -0.663. The Labute approximate surface area is 204 Å². The highest BCUT2D eigenvalue weighted by molar-refractivity contribution is 5.95. The second-order valence-electron chi connectivity index (χ2n) is 9.53. The summed E-state index contributed by atoms with van der Waals surface area (Å²) in [5.74, 6) is 0.216. The standard InChI is InChI=1S/C28H28N2O5/c1-16-24(26(32)35-28(3,4)5)25(30-27(33)29-16)21-12-10-20(11-13-21)23-14-22(15-34-23)19-8-6-18(7-9-19)17(2)31/h6-15,25H,1-5H3,(H2,29,30,33)/t25-/m1/s1. The number of ketones is 1. The zero-order valence-corrected chi connectivity index (χ0v) is 20.4. The lowest BCUT2D eigenvalue weighted by Crippen LogP contribution is -2.46. The van der Waals surface area contributed by atoms with Crippen molar-refractivity contribution in [3.63, 3.8) is 0 Å². The molecule has 0 bridgehead atoms. The average Bonchev–Trinajstić information content (AvgIpc) is 3.28. The number of rotatable bonds is 5. The zero-order valence-electron chi connectivity index (χ0n) is 20.4. The molecule has 35 heavy (non-hydrogen) atoms. The van der Waals surface area contributed by atoms with Crippen molar-refractivity contribution in [3.05, 3.63) is 83.3 Å². The van der Waals surface area contributed by atoms with Crippen LogP contribution in [0, 0.1) is 0 Å². The lowest BCUT2D eigenvalue weighted by atomic mass is 9.94. The number of allylic oxidation sites excluding steroid dienone is 1. The molecule has 2 N–H and O–H groups in total. The number of ether oxygens (including phenoxy) is 1. The molecule has 0 radical (unpaired) electrons. The van der Waals surface area contributed by atoms with E-state index in [1.165, 1.54) is 6.92 Å². The number of hydrogen-bond acceptors (Lipinski definition) is 5. The summed E-state index contributed by atoms with van der Waals surface area (Å²) in [6.45, 7) is 8.63.